The highest BCUT2D eigenvalue weighted by Crippen LogP contribution is 2.23. The molecule has 1 atom stereocenters. The molecule has 1 amide bonds. The molecular formula is C18H18F2N2O3S. The van der Waals surface area contributed by atoms with E-state index in [9.17, 15) is 22.0 Å². The molecule has 3 rings (SSSR count). The zero-order chi connectivity index (χ0) is 18.9. The standard InChI is InChI=1S/C18H18F2N2O3S/c1-11(16-8-5-13(19)10-17(16)20)21-18(23)12-3-2-4-15(9-12)26(24,25)22-14-6-7-14/h2-5,8-11,14,22H,6-7H2,1H3,(H,21,23)/t11-/m1/s1. The van der Waals surface area contributed by atoms with Crippen LogP contribution in [0.15, 0.2) is 47.4 Å². The Kier molecular flexibility index (Phi) is 5.06. The third-order valence-corrected chi connectivity index (χ3v) is 5.60. The Bertz CT molecular complexity index is 943. The number of sulfonamides is 1. The van der Waals surface area contributed by atoms with E-state index in [2.05, 4.69) is 10.0 Å². The van der Waals surface area contributed by atoms with Crippen LogP contribution in [-0.2, 0) is 10.0 Å². The number of carbonyl (C=O) groups is 1. The van der Waals surface area contributed by atoms with E-state index in [1.165, 1.54) is 30.3 Å². The van der Waals surface area contributed by atoms with E-state index in [0.717, 1.165) is 25.0 Å². The highest BCUT2D eigenvalue weighted by atomic mass is 32.2. The number of amides is 1. The van der Waals surface area contributed by atoms with Gasteiger partial charge in [-0.25, -0.2) is 21.9 Å². The fraction of sp³-hybridized carbons (Fsp3) is 0.278. The van der Waals surface area contributed by atoms with Crippen LogP contribution in [0.3, 0.4) is 0 Å². The summed E-state index contributed by atoms with van der Waals surface area (Å²) in [6.07, 6.45) is 1.61. The smallest absolute Gasteiger partial charge is 0.251 e. The van der Waals surface area contributed by atoms with Gasteiger partial charge in [-0.2, -0.15) is 0 Å². The van der Waals surface area contributed by atoms with Crippen LogP contribution in [0.25, 0.3) is 0 Å². The summed E-state index contributed by atoms with van der Waals surface area (Å²) in [7, 11) is -3.68. The topological polar surface area (TPSA) is 75.3 Å². The lowest BCUT2D eigenvalue weighted by atomic mass is 10.1. The average molecular weight is 380 g/mol. The van der Waals surface area contributed by atoms with Crippen LogP contribution in [0.4, 0.5) is 8.78 Å². The van der Waals surface area contributed by atoms with Gasteiger partial charge in [0.15, 0.2) is 0 Å². The molecule has 2 aromatic carbocycles. The first-order valence-electron chi connectivity index (χ1n) is 8.14. The fourth-order valence-electron chi connectivity index (χ4n) is 2.50. The quantitative estimate of drug-likeness (QED) is 0.809. The molecule has 2 aromatic rings. The highest BCUT2D eigenvalue weighted by Gasteiger charge is 2.28. The van der Waals surface area contributed by atoms with Gasteiger partial charge in [0.05, 0.1) is 10.9 Å². The fourth-order valence-corrected chi connectivity index (χ4v) is 3.85. The summed E-state index contributed by atoms with van der Waals surface area (Å²) in [5, 5.41) is 2.59. The molecule has 0 aromatic heterocycles. The number of rotatable bonds is 6. The molecule has 1 aliphatic carbocycles. The molecule has 138 valence electrons. The molecule has 1 saturated carbocycles. The van der Waals surface area contributed by atoms with E-state index in [0.29, 0.717) is 0 Å². The lowest BCUT2D eigenvalue weighted by Gasteiger charge is -2.15. The number of hydrogen-bond donors (Lipinski definition) is 2. The Hall–Kier alpha value is -2.32. The molecule has 5 nitrogen and oxygen atoms in total. The second-order valence-electron chi connectivity index (χ2n) is 6.28. The monoisotopic (exact) mass is 380 g/mol. The normalized spacial score (nSPS) is 15.5. The van der Waals surface area contributed by atoms with Crippen molar-refractivity contribution in [3.8, 4) is 0 Å². The van der Waals surface area contributed by atoms with Crippen LogP contribution in [0, 0.1) is 11.6 Å². The van der Waals surface area contributed by atoms with E-state index in [1.807, 2.05) is 0 Å². The zero-order valence-electron chi connectivity index (χ0n) is 14.0. The number of halogens is 2. The number of nitrogens with one attached hydrogen (secondary N) is 2. The van der Waals surface area contributed by atoms with Crippen molar-refractivity contribution in [2.45, 2.75) is 36.7 Å². The van der Waals surface area contributed by atoms with Gasteiger partial charge in [0.2, 0.25) is 10.0 Å². The van der Waals surface area contributed by atoms with E-state index in [4.69, 9.17) is 0 Å². The second-order valence-corrected chi connectivity index (χ2v) is 8.00. The van der Waals surface area contributed by atoms with Crippen LogP contribution in [0.5, 0.6) is 0 Å². The van der Waals surface area contributed by atoms with Gasteiger partial charge in [0.1, 0.15) is 11.6 Å². The molecule has 0 radical (unpaired) electrons. The molecule has 0 heterocycles. The lowest BCUT2D eigenvalue weighted by molar-refractivity contribution is 0.0939. The first kappa shape index (κ1) is 18.5. The summed E-state index contributed by atoms with van der Waals surface area (Å²) in [6, 6.07) is 7.98. The molecular weight excluding hydrogens is 362 g/mol. The molecule has 2 N–H and O–H groups in total. The van der Waals surface area contributed by atoms with Crippen molar-refractivity contribution < 1.29 is 22.0 Å². The maximum Gasteiger partial charge on any atom is 0.251 e. The predicted molar refractivity (Wildman–Crippen MR) is 92.0 cm³/mol. The largest absolute Gasteiger partial charge is 0.345 e. The van der Waals surface area contributed by atoms with Gasteiger partial charge in [-0.05, 0) is 44.0 Å². The van der Waals surface area contributed by atoms with Crippen LogP contribution in [-0.4, -0.2) is 20.4 Å². The summed E-state index contributed by atoms with van der Waals surface area (Å²) in [4.78, 5) is 12.4. The Labute approximate surface area is 150 Å². The van der Waals surface area contributed by atoms with E-state index in [1.54, 1.807) is 6.92 Å². The maximum atomic E-state index is 13.8. The van der Waals surface area contributed by atoms with Crippen LogP contribution in [0.1, 0.15) is 41.7 Å². The third kappa shape index (κ3) is 4.25. The summed E-state index contributed by atoms with van der Waals surface area (Å²) in [6.45, 7) is 1.56. The van der Waals surface area contributed by atoms with Crippen molar-refractivity contribution in [2.24, 2.45) is 0 Å². The first-order valence-corrected chi connectivity index (χ1v) is 9.63. The number of hydrogen-bond acceptors (Lipinski definition) is 3. The molecule has 0 bridgehead atoms. The van der Waals surface area contributed by atoms with Gasteiger partial charge >= 0.3 is 0 Å². The van der Waals surface area contributed by atoms with Gasteiger partial charge in [-0.15, -0.1) is 0 Å². The predicted octanol–water partition coefficient (Wildman–Crippen LogP) is 2.90. The van der Waals surface area contributed by atoms with Gasteiger partial charge in [-0.3, -0.25) is 4.79 Å². The molecule has 0 aliphatic heterocycles. The molecule has 26 heavy (non-hydrogen) atoms. The molecule has 1 fully saturated rings. The lowest BCUT2D eigenvalue weighted by Crippen LogP contribution is -2.28. The van der Waals surface area contributed by atoms with E-state index in [-0.39, 0.29) is 22.1 Å². The zero-order valence-corrected chi connectivity index (χ0v) is 14.8. The molecule has 0 saturated heterocycles. The molecule has 1 aliphatic rings. The first-order chi connectivity index (χ1) is 12.3. The maximum absolute atomic E-state index is 13.8. The summed E-state index contributed by atoms with van der Waals surface area (Å²) < 4.78 is 53.9. The third-order valence-electron chi connectivity index (χ3n) is 4.08. The van der Waals surface area contributed by atoms with Gasteiger partial charge in [0, 0.05) is 23.2 Å². The van der Waals surface area contributed by atoms with E-state index < -0.39 is 33.6 Å². The van der Waals surface area contributed by atoms with Crippen molar-refractivity contribution in [3.05, 3.63) is 65.2 Å². The van der Waals surface area contributed by atoms with Crippen LogP contribution >= 0.6 is 0 Å². The van der Waals surface area contributed by atoms with Crippen molar-refractivity contribution in [1.82, 2.24) is 10.0 Å². The number of carbonyl (C=O) groups excluding carboxylic acids is 1. The van der Waals surface area contributed by atoms with Crippen LogP contribution in [0.2, 0.25) is 0 Å². The Balaban J connectivity index is 1.76. The van der Waals surface area contributed by atoms with Crippen LogP contribution < -0.4 is 10.0 Å². The van der Waals surface area contributed by atoms with Gasteiger partial charge < -0.3 is 5.32 Å². The van der Waals surface area contributed by atoms with Gasteiger partial charge in [-0.1, -0.05) is 12.1 Å². The highest BCUT2D eigenvalue weighted by molar-refractivity contribution is 7.89. The molecule has 0 spiro atoms. The minimum atomic E-state index is -3.68. The summed E-state index contributed by atoms with van der Waals surface area (Å²) in [5.41, 5.74) is 0.275. The number of benzene rings is 2. The van der Waals surface area contributed by atoms with E-state index >= 15 is 0 Å². The van der Waals surface area contributed by atoms with Crippen molar-refractivity contribution in [2.75, 3.05) is 0 Å². The minimum Gasteiger partial charge on any atom is -0.345 e. The minimum absolute atomic E-state index is 0.00216. The average Bonchev–Trinajstić information content (AvgIpc) is 3.38. The Morgan fingerprint density at radius 3 is 2.54 bits per heavy atom. The van der Waals surface area contributed by atoms with Gasteiger partial charge in [0.25, 0.3) is 5.91 Å². The molecule has 0 unspecified atom stereocenters. The molecule has 8 heteroatoms. The SMILES string of the molecule is C[C@@H](NC(=O)c1cccc(S(=O)(=O)NC2CC2)c1)c1ccc(F)cc1F. The Morgan fingerprint density at radius 2 is 1.88 bits per heavy atom. The van der Waals surface area contributed by atoms with Crippen molar-refractivity contribution in [3.63, 3.8) is 0 Å². The summed E-state index contributed by atoms with van der Waals surface area (Å²) >= 11 is 0. The Morgan fingerprint density at radius 1 is 1.15 bits per heavy atom. The second kappa shape index (κ2) is 7.13. The summed E-state index contributed by atoms with van der Waals surface area (Å²) in [5.74, 6) is -2.02. The van der Waals surface area contributed by atoms with Crippen molar-refractivity contribution >= 4 is 15.9 Å². The van der Waals surface area contributed by atoms with Crippen molar-refractivity contribution in [1.29, 1.82) is 0 Å².